The SMILES string of the molecule is CC(C)c1cc(N)nc(C23CC4CC(CC(C4)C2)C3)n1. The molecule has 2 N–H and O–H groups in total. The van der Waals surface area contributed by atoms with Gasteiger partial charge in [-0.2, -0.15) is 0 Å². The van der Waals surface area contributed by atoms with Crippen molar-refractivity contribution < 1.29 is 0 Å². The third-order valence-electron chi connectivity index (χ3n) is 5.87. The summed E-state index contributed by atoms with van der Waals surface area (Å²) in [6.45, 7) is 4.37. The molecule has 4 aliphatic rings. The van der Waals surface area contributed by atoms with Gasteiger partial charge in [-0.3, -0.25) is 0 Å². The summed E-state index contributed by atoms with van der Waals surface area (Å²) in [5.41, 5.74) is 7.44. The molecule has 108 valence electrons. The number of rotatable bonds is 2. The van der Waals surface area contributed by atoms with Crippen LogP contribution in [0.4, 0.5) is 5.82 Å². The molecular weight excluding hydrogens is 246 g/mol. The first kappa shape index (κ1) is 12.6. The number of hydrogen-bond donors (Lipinski definition) is 1. The number of nitrogens with two attached hydrogens (primary N) is 1. The van der Waals surface area contributed by atoms with Crippen LogP contribution in [0, 0.1) is 17.8 Å². The molecule has 0 saturated heterocycles. The average Bonchev–Trinajstić information content (AvgIpc) is 2.36. The highest BCUT2D eigenvalue weighted by Gasteiger charge is 2.53. The van der Waals surface area contributed by atoms with E-state index in [4.69, 9.17) is 10.7 Å². The van der Waals surface area contributed by atoms with Gasteiger partial charge in [0.25, 0.3) is 0 Å². The predicted octanol–water partition coefficient (Wildman–Crippen LogP) is 3.65. The molecule has 3 nitrogen and oxygen atoms in total. The van der Waals surface area contributed by atoms with Crippen LogP contribution in [0.15, 0.2) is 6.07 Å². The van der Waals surface area contributed by atoms with Gasteiger partial charge in [0.1, 0.15) is 11.6 Å². The fourth-order valence-electron chi connectivity index (χ4n) is 5.40. The normalized spacial score (nSPS) is 38.6. The summed E-state index contributed by atoms with van der Waals surface area (Å²) >= 11 is 0. The highest BCUT2D eigenvalue weighted by molar-refractivity contribution is 5.33. The van der Waals surface area contributed by atoms with E-state index in [1.165, 1.54) is 38.5 Å². The van der Waals surface area contributed by atoms with Crippen LogP contribution in [0.25, 0.3) is 0 Å². The molecule has 0 amide bonds. The molecule has 0 atom stereocenters. The minimum absolute atomic E-state index is 0.258. The van der Waals surface area contributed by atoms with Gasteiger partial charge >= 0.3 is 0 Å². The maximum atomic E-state index is 6.06. The largest absolute Gasteiger partial charge is 0.384 e. The Hall–Kier alpha value is -1.12. The quantitative estimate of drug-likeness (QED) is 0.893. The predicted molar refractivity (Wildman–Crippen MR) is 80.4 cm³/mol. The monoisotopic (exact) mass is 271 g/mol. The van der Waals surface area contributed by atoms with Crippen molar-refractivity contribution in [3.8, 4) is 0 Å². The first-order valence-electron chi connectivity index (χ1n) is 8.19. The zero-order valence-corrected chi connectivity index (χ0v) is 12.6. The number of nitrogen functional groups attached to an aromatic ring is 1. The lowest BCUT2D eigenvalue weighted by Gasteiger charge is -2.56. The molecule has 4 aliphatic carbocycles. The molecule has 1 aromatic rings. The number of anilines is 1. The Morgan fingerprint density at radius 1 is 1.05 bits per heavy atom. The van der Waals surface area contributed by atoms with Crippen molar-refractivity contribution in [2.45, 2.75) is 63.7 Å². The molecular formula is C17H25N3. The molecule has 4 fully saturated rings. The van der Waals surface area contributed by atoms with Crippen molar-refractivity contribution in [3.63, 3.8) is 0 Å². The maximum absolute atomic E-state index is 6.06. The molecule has 4 bridgehead atoms. The van der Waals surface area contributed by atoms with Crippen LogP contribution >= 0.6 is 0 Å². The molecule has 20 heavy (non-hydrogen) atoms. The summed E-state index contributed by atoms with van der Waals surface area (Å²) in [6.07, 6.45) is 8.29. The molecule has 0 aromatic carbocycles. The third-order valence-corrected chi connectivity index (χ3v) is 5.87. The smallest absolute Gasteiger partial charge is 0.137 e. The van der Waals surface area contributed by atoms with Gasteiger partial charge in [-0.15, -0.1) is 0 Å². The summed E-state index contributed by atoms with van der Waals surface area (Å²) in [6, 6.07) is 1.95. The van der Waals surface area contributed by atoms with Gasteiger partial charge in [0.05, 0.1) is 0 Å². The van der Waals surface area contributed by atoms with Crippen LogP contribution in [-0.4, -0.2) is 9.97 Å². The van der Waals surface area contributed by atoms with Crippen molar-refractivity contribution in [1.82, 2.24) is 9.97 Å². The zero-order chi connectivity index (χ0) is 13.9. The second-order valence-electron chi connectivity index (χ2n) is 7.89. The summed E-state index contributed by atoms with van der Waals surface area (Å²) in [7, 11) is 0. The van der Waals surface area contributed by atoms with Crippen molar-refractivity contribution in [2.24, 2.45) is 17.8 Å². The fourth-order valence-corrected chi connectivity index (χ4v) is 5.40. The summed E-state index contributed by atoms with van der Waals surface area (Å²) in [5, 5.41) is 0. The summed E-state index contributed by atoms with van der Waals surface area (Å²) in [4.78, 5) is 9.60. The highest BCUT2D eigenvalue weighted by atomic mass is 15.0. The van der Waals surface area contributed by atoms with E-state index >= 15 is 0 Å². The van der Waals surface area contributed by atoms with Crippen LogP contribution in [-0.2, 0) is 5.41 Å². The molecule has 0 unspecified atom stereocenters. The first-order valence-corrected chi connectivity index (χ1v) is 8.19. The molecule has 0 aliphatic heterocycles. The summed E-state index contributed by atoms with van der Waals surface area (Å²) < 4.78 is 0. The summed E-state index contributed by atoms with van der Waals surface area (Å²) in [5.74, 6) is 4.93. The fraction of sp³-hybridized carbons (Fsp3) is 0.765. The van der Waals surface area contributed by atoms with E-state index in [0.29, 0.717) is 11.7 Å². The van der Waals surface area contributed by atoms with Gasteiger partial charge in [-0.1, -0.05) is 13.8 Å². The van der Waals surface area contributed by atoms with E-state index in [1.807, 2.05) is 6.07 Å². The van der Waals surface area contributed by atoms with Gasteiger partial charge in [0.2, 0.25) is 0 Å². The van der Waals surface area contributed by atoms with E-state index in [1.54, 1.807) is 0 Å². The van der Waals surface area contributed by atoms with Crippen LogP contribution in [0.5, 0.6) is 0 Å². The van der Waals surface area contributed by atoms with Gasteiger partial charge in [-0.05, 0) is 62.2 Å². The van der Waals surface area contributed by atoms with Crippen LogP contribution in [0.3, 0.4) is 0 Å². The van der Waals surface area contributed by atoms with Crippen molar-refractivity contribution in [1.29, 1.82) is 0 Å². The zero-order valence-electron chi connectivity index (χ0n) is 12.6. The highest BCUT2D eigenvalue weighted by Crippen LogP contribution is 2.60. The molecule has 1 aromatic heterocycles. The average molecular weight is 271 g/mol. The van der Waals surface area contributed by atoms with Gasteiger partial charge in [0.15, 0.2) is 0 Å². The first-order chi connectivity index (χ1) is 9.54. The molecule has 0 radical (unpaired) electrons. The number of aromatic nitrogens is 2. The topological polar surface area (TPSA) is 51.8 Å². The van der Waals surface area contributed by atoms with E-state index in [2.05, 4.69) is 18.8 Å². The van der Waals surface area contributed by atoms with Gasteiger partial charge < -0.3 is 5.73 Å². The standard InChI is InChI=1S/C17H25N3/c1-10(2)14-6-15(18)20-16(19-14)17-7-11-3-12(8-17)5-13(4-11)9-17/h6,10-13H,3-5,7-9H2,1-2H3,(H2,18,19,20). The second-order valence-corrected chi connectivity index (χ2v) is 7.89. The van der Waals surface area contributed by atoms with Crippen molar-refractivity contribution >= 4 is 5.82 Å². The minimum Gasteiger partial charge on any atom is -0.384 e. The molecule has 3 heteroatoms. The van der Waals surface area contributed by atoms with Gasteiger partial charge in [-0.25, -0.2) is 9.97 Å². The lowest BCUT2D eigenvalue weighted by molar-refractivity contribution is -0.00944. The van der Waals surface area contributed by atoms with E-state index in [-0.39, 0.29) is 5.41 Å². The minimum atomic E-state index is 0.258. The Bertz CT molecular complexity index is 500. The lowest BCUT2D eigenvalue weighted by Crippen LogP contribution is -2.49. The van der Waals surface area contributed by atoms with E-state index < -0.39 is 0 Å². The van der Waals surface area contributed by atoms with Crippen LogP contribution in [0.2, 0.25) is 0 Å². The Morgan fingerprint density at radius 3 is 2.10 bits per heavy atom. The maximum Gasteiger partial charge on any atom is 0.137 e. The molecule has 4 saturated carbocycles. The second kappa shape index (κ2) is 4.19. The van der Waals surface area contributed by atoms with Crippen molar-refractivity contribution in [2.75, 3.05) is 5.73 Å². The third kappa shape index (κ3) is 1.86. The van der Waals surface area contributed by atoms with Crippen LogP contribution < -0.4 is 5.73 Å². The Balaban J connectivity index is 1.77. The van der Waals surface area contributed by atoms with E-state index in [9.17, 15) is 0 Å². The number of hydrogen-bond acceptors (Lipinski definition) is 3. The molecule has 0 spiro atoms. The lowest BCUT2D eigenvalue weighted by atomic mass is 9.49. The van der Waals surface area contributed by atoms with Gasteiger partial charge in [0, 0.05) is 17.2 Å². The van der Waals surface area contributed by atoms with E-state index in [0.717, 1.165) is 29.3 Å². The number of nitrogens with zero attached hydrogens (tertiary/aromatic N) is 2. The van der Waals surface area contributed by atoms with Crippen molar-refractivity contribution in [3.05, 3.63) is 17.6 Å². The Morgan fingerprint density at radius 2 is 1.60 bits per heavy atom. The molecule has 1 heterocycles. The Labute approximate surface area is 121 Å². The Kier molecular flexibility index (Phi) is 2.64. The van der Waals surface area contributed by atoms with Crippen LogP contribution in [0.1, 0.15) is 69.8 Å². The molecule has 5 rings (SSSR count).